The van der Waals surface area contributed by atoms with Crippen LogP contribution >= 0.6 is 12.2 Å². The molecular weight excluding hydrogens is 522 g/mol. The molecule has 0 bridgehead atoms. The molecule has 0 spiro atoms. The highest BCUT2D eigenvalue weighted by Gasteiger charge is 2.24. The number of nitrogens with two attached hydrogens (primary N) is 1. The lowest BCUT2D eigenvalue weighted by atomic mass is 10.1. The second-order valence-electron chi connectivity index (χ2n) is 9.69. The lowest BCUT2D eigenvalue weighted by Gasteiger charge is -2.25. The van der Waals surface area contributed by atoms with Crippen LogP contribution < -0.4 is 32.5 Å². The molecule has 1 rings (SSSR count). The normalized spacial score (nSPS) is 12.6. The van der Waals surface area contributed by atoms with Crippen molar-refractivity contribution in [3.63, 3.8) is 0 Å². The molecule has 14 heteroatoms. The van der Waals surface area contributed by atoms with Gasteiger partial charge in [-0.3, -0.25) is 15.0 Å². The number of hydrogen-bond donors (Lipinski definition) is 6. The van der Waals surface area contributed by atoms with Crippen LogP contribution in [-0.4, -0.2) is 76.1 Å². The summed E-state index contributed by atoms with van der Waals surface area (Å²) in [5.74, 6) is -0.286. The summed E-state index contributed by atoms with van der Waals surface area (Å²) in [6, 6.07) is -1.63. The van der Waals surface area contributed by atoms with Gasteiger partial charge in [0.25, 0.3) is 0 Å². The van der Waals surface area contributed by atoms with Crippen LogP contribution in [0.2, 0.25) is 0 Å². The number of aromatic nitrogens is 3. The Kier molecular flexibility index (Phi) is 18.1. The van der Waals surface area contributed by atoms with Crippen molar-refractivity contribution in [1.29, 1.82) is 0 Å². The maximum absolute atomic E-state index is 12.8. The molecule has 1 aromatic heterocycles. The summed E-state index contributed by atoms with van der Waals surface area (Å²) in [6.07, 6.45) is 3.77. The highest BCUT2D eigenvalue weighted by atomic mass is 32.1. The van der Waals surface area contributed by atoms with Crippen LogP contribution in [0.1, 0.15) is 79.8 Å². The predicted molar refractivity (Wildman–Crippen MR) is 156 cm³/mol. The Morgan fingerprint density at radius 3 is 2.38 bits per heavy atom. The summed E-state index contributed by atoms with van der Waals surface area (Å²) in [5.41, 5.74) is 11.0. The smallest absolute Gasteiger partial charge is 0.312 e. The third-order valence-electron chi connectivity index (χ3n) is 5.46. The first kappa shape index (κ1) is 36.3. The Balaban J connectivity index is 0.00000704. The number of carbonyl (C=O) groups is 3. The molecule has 0 aliphatic carbocycles. The summed E-state index contributed by atoms with van der Waals surface area (Å²) in [5, 5.41) is 16.8. The monoisotopic (exact) mass is 571 g/mol. The summed E-state index contributed by atoms with van der Waals surface area (Å²) in [6.45, 7) is 14.5. The molecule has 2 unspecified atom stereocenters. The van der Waals surface area contributed by atoms with E-state index in [9.17, 15) is 14.4 Å². The zero-order chi connectivity index (χ0) is 30.0. The minimum Gasteiger partial charge on any atom is -0.376 e. The number of rotatable bonds is 18. The Hall–Kier alpha value is -2.68. The number of nitrogens with zero attached hydrogens (tertiary/aromatic N) is 3. The second kappa shape index (κ2) is 19.4. The average molecular weight is 572 g/mol. The Morgan fingerprint density at radius 2 is 1.82 bits per heavy atom. The largest absolute Gasteiger partial charge is 0.376 e. The van der Waals surface area contributed by atoms with Crippen LogP contribution in [0.5, 0.6) is 0 Å². The van der Waals surface area contributed by atoms with Gasteiger partial charge < -0.3 is 26.4 Å². The standard InChI is InChI=1S/C23H43N9O4S.C2H6/c1-15(2)36-14-23(4,5)32-13-17(29-31-32)12-27-21(34)19(30-25-6)9-10-20(37)28-18(16(3)33)8-7-11-26-22(24)35;1-2/h13,15,18-19,25,30H,7-12,14H2,1-6H3,(H,27,34)(H,28,37)(H3,24,26,35);1-2H3. The number of nitrogens with one attached hydrogen (secondary N) is 5. The first-order valence-electron chi connectivity index (χ1n) is 13.4. The Bertz CT molecular complexity index is 893. The Morgan fingerprint density at radius 1 is 1.15 bits per heavy atom. The highest BCUT2D eigenvalue weighted by Crippen LogP contribution is 2.15. The molecule has 0 saturated carbocycles. The van der Waals surface area contributed by atoms with Crippen LogP contribution in [0.3, 0.4) is 0 Å². The van der Waals surface area contributed by atoms with E-state index in [-0.39, 0.29) is 29.9 Å². The van der Waals surface area contributed by atoms with Gasteiger partial charge in [-0.1, -0.05) is 31.3 Å². The number of primary amides is 1. The first-order chi connectivity index (χ1) is 18.4. The zero-order valence-corrected chi connectivity index (χ0v) is 25.5. The molecule has 0 aromatic carbocycles. The maximum atomic E-state index is 12.8. The van der Waals surface area contributed by atoms with E-state index in [1.165, 1.54) is 6.92 Å². The number of thiocarbonyl (C=S) groups is 1. The van der Waals surface area contributed by atoms with Crippen molar-refractivity contribution >= 4 is 34.9 Å². The van der Waals surface area contributed by atoms with Crippen LogP contribution in [-0.2, 0) is 26.4 Å². The summed E-state index contributed by atoms with van der Waals surface area (Å²) < 4.78 is 7.45. The van der Waals surface area contributed by atoms with Gasteiger partial charge in [-0.15, -0.1) is 5.10 Å². The molecule has 7 N–H and O–H groups in total. The van der Waals surface area contributed by atoms with Crippen LogP contribution in [0.15, 0.2) is 6.20 Å². The number of carbonyl (C=O) groups excluding carboxylic acids is 3. The number of urea groups is 1. The quantitative estimate of drug-likeness (QED) is 0.0854. The van der Waals surface area contributed by atoms with Gasteiger partial charge in [0, 0.05) is 6.54 Å². The van der Waals surface area contributed by atoms with Crippen molar-refractivity contribution in [3.8, 4) is 0 Å². The number of hydrogen-bond acceptors (Lipinski definition) is 9. The molecule has 1 heterocycles. The van der Waals surface area contributed by atoms with Gasteiger partial charge in [0.15, 0.2) is 5.78 Å². The van der Waals surface area contributed by atoms with Gasteiger partial charge >= 0.3 is 6.03 Å². The van der Waals surface area contributed by atoms with Gasteiger partial charge in [-0.2, -0.15) is 0 Å². The summed E-state index contributed by atoms with van der Waals surface area (Å²) in [7, 11) is 1.68. The molecule has 224 valence electrons. The molecule has 0 aliphatic heterocycles. The van der Waals surface area contributed by atoms with Gasteiger partial charge in [-0.25, -0.2) is 14.9 Å². The molecule has 1 aromatic rings. The molecule has 3 amide bonds. The van der Waals surface area contributed by atoms with Crippen molar-refractivity contribution in [2.75, 3.05) is 20.2 Å². The number of Topliss-reactive ketones (excluding diaryl/α,β-unsaturated/α-hetero) is 1. The van der Waals surface area contributed by atoms with Gasteiger partial charge in [0.05, 0.1) is 42.0 Å². The molecule has 39 heavy (non-hydrogen) atoms. The topological polar surface area (TPSA) is 177 Å². The minimum atomic E-state index is -0.603. The van der Waals surface area contributed by atoms with Crippen LogP contribution in [0, 0.1) is 0 Å². The van der Waals surface area contributed by atoms with E-state index < -0.39 is 18.1 Å². The lowest BCUT2D eigenvalue weighted by molar-refractivity contribution is -0.123. The fraction of sp³-hybridized carbons (Fsp3) is 0.760. The van der Waals surface area contributed by atoms with Gasteiger partial charge in [-0.05, 0) is 67.3 Å². The van der Waals surface area contributed by atoms with E-state index in [1.807, 2.05) is 41.5 Å². The zero-order valence-electron chi connectivity index (χ0n) is 24.7. The molecule has 0 radical (unpaired) electrons. The fourth-order valence-electron chi connectivity index (χ4n) is 3.29. The Labute approximate surface area is 238 Å². The lowest BCUT2D eigenvalue weighted by Crippen LogP contribution is -2.49. The van der Waals surface area contributed by atoms with Gasteiger partial charge in [0.2, 0.25) is 5.91 Å². The summed E-state index contributed by atoms with van der Waals surface area (Å²) in [4.78, 5) is 36.0. The average Bonchev–Trinajstić information content (AvgIpc) is 3.37. The predicted octanol–water partition coefficient (Wildman–Crippen LogP) is 1.28. The SMILES string of the molecule is CC.CNNC(CCC(=S)NC(CCCNC(N)=O)C(C)=O)C(=O)NCc1cn(C(C)(C)COC(C)C)nn1. The van der Waals surface area contributed by atoms with Crippen LogP contribution in [0.4, 0.5) is 4.79 Å². The second-order valence-corrected chi connectivity index (χ2v) is 10.2. The molecule has 2 atom stereocenters. The molecule has 13 nitrogen and oxygen atoms in total. The van der Waals surface area contributed by atoms with Crippen molar-refractivity contribution in [2.24, 2.45) is 5.73 Å². The number of ketones is 1. The van der Waals surface area contributed by atoms with Gasteiger partial charge in [0.1, 0.15) is 11.7 Å². The highest BCUT2D eigenvalue weighted by molar-refractivity contribution is 7.80. The van der Waals surface area contributed by atoms with Crippen molar-refractivity contribution in [3.05, 3.63) is 11.9 Å². The summed E-state index contributed by atoms with van der Waals surface area (Å²) >= 11 is 5.41. The number of hydrazine groups is 1. The van der Waals surface area contributed by atoms with E-state index in [4.69, 9.17) is 22.7 Å². The van der Waals surface area contributed by atoms with E-state index >= 15 is 0 Å². The van der Waals surface area contributed by atoms with E-state index in [1.54, 1.807) is 17.9 Å². The van der Waals surface area contributed by atoms with Crippen molar-refractivity contribution in [1.82, 2.24) is 41.8 Å². The third kappa shape index (κ3) is 15.5. The van der Waals surface area contributed by atoms with Crippen molar-refractivity contribution < 1.29 is 19.1 Å². The number of ether oxygens (including phenoxy) is 1. The fourth-order valence-corrected chi connectivity index (χ4v) is 3.55. The minimum absolute atomic E-state index is 0.0592. The van der Waals surface area contributed by atoms with E-state index in [0.29, 0.717) is 49.5 Å². The van der Waals surface area contributed by atoms with E-state index in [2.05, 4.69) is 37.1 Å². The molecule has 0 aliphatic rings. The van der Waals surface area contributed by atoms with E-state index in [0.717, 1.165) is 0 Å². The van der Waals surface area contributed by atoms with Crippen molar-refractivity contribution in [2.45, 2.75) is 104 Å². The number of amides is 3. The molecular formula is C25H49N9O4S. The first-order valence-corrected chi connectivity index (χ1v) is 13.8. The maximum Gasteiger partial charge on any atom is 0.312 e. The third-order valence-corrected chi connectivity index (χ3v) is 5.79. The van der Waals surface area contributed by atoms with Crippen LogP contribution in [0.25, 0.3) is 0 Å². The molecule has 0 fully saturated rings. The molecule has 0 saturated heterocycles.